The third-order valence-electron chi connectivity index (χ3n) is 5.94. The Hall–Kier alpha value is -3.21. The van der Waals surface area contributed by atoms with Crippen LogP contribution in [0, 0.1) is 0 Å². The van der Waals surface area contributed by atoms with Gasteiger partial charge in [0.25, 0.3) is 0 Å². The van der Waals surface area contributed by atoms with Gasteiger partial charge in [0, 0.05) is 58.2 Å². The van der Waals surface area contributed by atoms with Crippen LogP contribution >= 0.6 is 0 Å². The van der Waals surface area contributed by atoms with E-state index < -0.39 is 0 Å². The van der Waals surface area contributed by atoms with E-state index in [4.69, 9.17) is 24.1 Å². The summed E-state index contributed by atoms with van der Waals surface area (Å²) in [4.78, 5) is 27.4. The first-order valence-electron chi connectivity index (χ1n) is 11.0. The lowest BCUT2D eigenvalue weighted by atomic mass is 10.2. The molecule has 0 atom stereocenters. The normalized spacial score (nSPS) is 17.9. The van der Waals surface area contributed by atoms with Gasteiger partial charge in [-0.3, -0.25) is 4.90 Å². The summed E-state index contributed by atoms with van der Waals surface area (Å²) in [6.45, 7) is 7.68. The van der Waals surface area contributed by atoms with Crippen LogP contribution in [0.4, 0.5) is 5.82 Å². The number of hydrogen-bond donors (Lipinski definition) is 1. The molecule has 4 aromatic rings. The number of morpholine rings is 1. The number of pyridine rings is 1. The van der Waals surface area contributed by atoms with Gasteiger partial charge in [-0.15, -0.1) is 0 Å². The number of piperazine rings is 1. The summed E-state index contributed by atoms with van der Waals surface area (Å²) >= 11 is 0. The maximum absolute atomic E-state index is 6.28. The largest absolute Gasteiger partial charge is 0.432 e. The minimum atomic E-state index is 0.576. The number of nitrogens with zero attached hydrogens (tertiary/aromatic N) is 7. The quantitative estimate of drug-likeness (QED) is 0.510. The molecule has 2 aliphatic rings. The van der Waals surface area contributed by atoms with Crippen molar-refractivity contribution in [2.24, 2.45) is 0 Å². The van der Waals surface area contributed by atoms with E-state index in [-0.39, 0.29) is 0 Å². The third-order valence-corrected chi connectivity index (χ3v) is 5.94. The van der Waals surface area contributed by atoms with Crippen molar-refractivity contribution in [2.45, 2.75) is 6.54 Å². The molecule has 10 nitrogen and oxygen atoms in total. The summed E-state index contributed by atoms with van der Waals surface area (Å²) in [6, 6.07) is 4.13. The predicted molar refractivity (Wildman–Crippen MR) is 119 cm³/mol. The van der Waals surface area contributed by atoms with Crippen molar-refractivity contribution in [1.82, 2.24) is 35.1 Å². The van der Waals surface area contributed by atoms with Gasteiger partial charge >= 0.3 is 0 Å². The highest BCUT2D eigenvalue weighted by Gasteiger charge is 2.23. The summed E-state index contributed by atoms with van der Waals surface area (Å²) in [5.41, 5.74) is 3.78. The van der Waals surface area contributed by atoms with Gasteiger partial charge in [-0.1, -0.05) is 0 Å². The predicted octanol–water partition coefficient (Wildman–Crippen LogP) is 1.47. The third kappa shape index (κ3) is 3.66. The molecule has 0 amide bonds. The van der Waals surface area contributed by atoms with E-state index in [0.717, 1.165) is 73.8 Å². The first-order chi connectivity index (χ1) is 15.8. The van der Waals surface area contributed by atoms with Crippen molar-refractivity contribution in [3.05, 3.63) is 36.5 Å². The summed E-state index contributed by atoms with van der Waals surface area (Å²) in [5, 5.41) is 4.27. The van der Waals surface area contributed by atoms with Crippen LogP contribution < -0.4 is 10.2 Å². The molecule has 0 aromatic carbocycles. The molecule has 2 saturated heterocycles. The molecule has 32 heavy (non-hydrogen) atoms. The molecule has 0 spiro atoms. The van der Waals surface area contributed by atoms with Crippen molar-refractivity contribution in [3.8, 4) is 11.4 Å². The van der Waals surface area contributed by atoms with E-state index >= 15 is 0 Å². The summed E-state index contributed by atoms with van der Waals surface area (Å²) in [7, 11) is 0. The molecule has 0 unspecified atom stereocenters. The summed E-state index contributed by atoms with van der Waals surface area (Å²) < 4.78 is 11.8. The van der Waals surface area contributed by atoms with Crippen LogP contribution in [-0.4, -0.2) is 82.3 Å². The Kier molecular flexibility index (Phi) is 5.10. The molecule has 0 saturated carbocycles. The van der Waals surface area contributed by atoms with Crippen LogP contribution in [0.5, 0.6) is 0 Å². The van der Waals surface area contributed by atoms with Crippen LogP contribution in [-0.2, 0) is 11.3 Å². The zero-order chi connectivity index (χ0) is 21.3. The maximum Gasteiger partial charge on any atom is 0.229 e. The molecular weight excluding hydrogens is 408 g/mol. The molecule has 6 heterocycles. The van der Waals surface area contributed by atoms with E-state index in [0.29, 0.717) is 30.3 Å². The van der Waals surface area contributed by atoms with Gasteiger partial charge in [-0.25, -0.2) is 24.9 Å². The Bertz CT molecular complexity index is 1230. The van der Waals surface area contributed by atoms with Crippen molar-refractivity contribution in [1.29, 1.82) is 0 Å². The van der Waals surface area contributed by atoms with Gasteiger partial charge in [0.2, 0.25) is 5.71 Å². The van der Waals surface area contributed by atoms with Crippen LogP contribution in [0.15, 0.2) is 35.3 Å². The topological polar surface area (TPSA) is 105 Å². The molecule has 2 aliphatic heterocycles. The Morgan fingerprint density at radius 3 is 2.56 bits per heavy atom. The monoisotopic (exact) mass is 432 g/mol. The Morgan fingerprint density at radius 2 is 1.75 bits per heavy atom. The first-order valence-corrected chi connectivity index (χ1v) is 11.0. The summed E-state index contributed by atoms with van der Waals surface area (Å²) in [6.07, 6.45) is 4.95. The lowest BCUT2D eigenvalue weighted by molar-refractivity contribution is 0.122. The fourth-order valence-electron chi connectivity index (χ4n) is 4.27. The average Bonchev–Trinajstić information content (AvgIpc) is 3.23. The lowest BCUT2D eigenvalue weighted by Crippen LogP contribution is -2.43. The Balaban J connectivity index is 1.46. The Morgan fingerprint density at radius 1 is 0.938 bits per heavy atom. The second-order valence-corrected chi connectivity index (χ2v) is 8.06. The van der Waals surface area contributed by atoms with Gasteiger partial charge in [0.1, 0.15) is 11.8 Å². The number of aromatic nitrogens is 5. The second-order valence-electron chi connectivity index (χ2n) is 8.06. The molecule has 0 aliphatic carbocycles. The van der Waals surface area contributed by atoms with E-state index in [1.54, 1.807) is 12.4 Å². The van der Waals surface area contributed by atoms with Crippen molar-refractivity contribution in [3.63, 3.8) is 0 Å². The minimum Gasteiger partial charge on any atom is -0.432 e. The molecular formula is C22H24N8O2. The lowest BCUT2D eigenvalue weighted by Gasteiger charge is -2.27. The van der Waals surface area contributed by atoms with Crippen LogP contribution in [0.1, 0.15) is 5.69 Å². The van der Waals surface area contributed by atoms with Crippen molar-refractivity contribution < 1.29 is 9.15 Å². The first kappa shape index (κ1) is 19.5. The van der Waals surface area contributed by atoms with Crippen LogP contribution in [0.2, 0.25) is 0 Å². The van der Waals surface area contributed by atoms with Gasteiger partial charge < -0.3 is 19.4 Å². The van der Waals surface area contributed by atoms with E-state index in [9.17, 15) is 0 Å². The number of fused-ring (bicyclic) bond motifs is 3. The fourth-order valence-corrected chi connectivity index (χ4v) is 4.27. The zero-order valence-corrected chi connectivity index (χ0v) is 17.7. The summed E-state index contributed by atoms with van der Waals surface area (Å²) in [5.74, 6) is 1.34. The molecule has 6 rings (SSSR count). The smallest absolute Gasteiger partial charge is 0.229 e. The van der Waals surface area contributed by atoms with E-state index in [1.165, 1.54) is 6.33 Å². The van der Waals surface area contributed by atoms with Gasteiger partial charge in [0.15, 0.2) is 17.2 Å². The number of anilines is 1. The van der Waals surface area contributed by atoms with Gasteiger partial charge in [-0.05, 0) is 12.1 Å². The van der Waals surface area contributed by atoms with Crippen molar-refractivity contribution in [2.75, 3.05) is 57.4 Å². The highest BCUT2D eigenvalue weighted by molar-refractivity contribution is 6.05. The van der Waals surface area contributed by atoms with Crippen LogP contribution in [0.25, 0.3) is 33.6 Å². The number of rotatable bonds is 4. The number of furan rings is 1. The van der Waals surface area contributed by atoms with E-state index in [1.807, 2.05) is 0 Å². The van der Waals surface area contributed by atoms with Gasteiger partial charge in [-0.2, -0.15) is 0 Å². The molecule has 2 fully saturated rings. The second kappa shape index (κ2) is 8.38. The highest BCUT2D eigenvalue weighted by atomic mass is 16.5. The molecule has 4 aromatic heterocycles. The maximum atomic E-state index is 6.28. The molecule has 164 valence electrons. The number of ether oxygens (including phenoxy) is 1. The van der Waals surface area contributed by atoms with Crippen LogP contribution in [0.3, 0.4) is 0 Å². The highest BCUT2D eigenvalue weighted by Crippen LogP contribution is 2.34. The standard InChI is InChI=1S/C22H24N8O2/c1-2-17-18-19(32-22(17)26-16(1)13-29-5-3-23-4-6-29)21(30-7-9-31-10-8-30)28-20(27-18)15-11-24-14-25-12-15/h1-2,11-12,14,23H,3-10,13H2. The molecule has 1 N–H and O–H groups in total. The zero-order valence-electron chi connectivity index (χ0n) is 17.7. The SMILES string of the molecule is c1ncc(-c2nc(N3CCOCC3)c3oc4nc(CN5CCNCC5)ccc4c3n2)cn1. The molecule has 0 radical (unpaired) electrons. The van der Waals surface area contributed by atoms with E-state index in [2.05, 4.69) is 37.2 Å². The van der Waals surface area contributed by atoms with Crippen molar-refractivity contribution >= 4 is 28.0 Å². The number of nitrogens with one attached hydrogen (secondary N) is 1. The fraction of sp³-hybridized carbons (Fsp3) is 0.409. The molecule has 0 bridgehead atoms. The molecule has 10 heteroatoms. The average molecular weight is 432 g/mol. The Labute approximate surface area is 184 Å². The minimum absolute atomic E-state index is 0.576. The van der Waals surface area contributed by atoms with Gasteiger partial charge in [0.05, 0.1) is 29.9 Å². The number of hydrogen-bond acceptors (Lipinski definition) is 10.